The van der Waals surface area contributed by atoms with Crippen LogP contribution in [0.1, 0.15) is 78.6 Å². The molecule has 108 valence electrons. The van der Waals surface area contributed by atoms with E-state index in [0.29, 0.717) is 3.43 Å². The third kappa shape index (κ3) is 6.33. The van der Waals surface area contributed by atoms with Crippen LogP contribution in [-0.4, -0.2) is 29.4 Å². The molecule has 2 nitrogen and oxygen atoms in total. The van der Waals surface area contributed by atoms with Crippen LogP contribution in [0.5, 0.6) is 0 Å². The van der Waals surface area contributed by atoms with Crippen molar-refractivity contribution in [3.05, 3.63) is 18.5 Å². The van der Waals surface area contributed by atoms with Crippen molar-refractivity contribution in [2.75, 3.05) is 0 Å². The monoisotopic (exact) mass is 370 g/mol. The number of nitrogens with zero attached hydrogens (tertiary/aromatic N) is 2. The van der Waals surface area contributed by atoms with Crippen molar-refractivity contribution in [1.29, 1.82) is 0 Å². The molecule has 0 N–H and O–H groups in total. The number of hydrogen-bond acceptors (Lipinski definition) is 1. The van der Waals surface area contributed by atoms with E-state index in [2.05, 4.69) is 41.0 Å². The average Bonchev–Trinajstić information content (AvgIpc) is 2.93. The van der Waals surface area contributed by atoms with Gasteiger partial charge < -0.3 is 0 Å². The Hall–Kier alpha value is 0.00870. The predicted molar refractivity (Wildman–Crippen MR) is 84.6 cm³/mol. The summed E-state index contributed by atoms with van der Waals surface area (Å²) in [5.41, 5.74) is 0. The third-order valence-electron chi connectivity index (χ3n) is 3.88. The maximum absolute atomic E-state index is 4.52. The summed E-state index contributed by atoms with van der Waals surface area (Å²) in [6.45, 7) is 6.97. The Morgan fingerprint density at radius 3 is 1.84 bits per heavy atom. The maximum atomic E-state index is 4.52. The molecule has 0 unspecified atom stereocenters. The molecule has 0 aliphatic heterocycles. The van der Waals surface area contributed by atoms with Crippen LogP contribution in [0.3, 0.4) is 0 Å². The first kappa shape index (κ1) is 17.1. The van der Waals surface area contributed by atoms with Crippen molar-refractivity contribution in [1.82, 2.24) is 8.00 Å². The second-order valence-corrected chi connectivity index (χ2v) is 10.6. The zero-order chi connectivity index (χ0) is 14.0. The summed E-state index contributed by atoms with van der Waals surface area (Å²) in [5, 5.41) is 4.52. The summed E-state index contributed by atoms with van der Waals surface area (Å²) in [5.74, 6) is 0. The van der Waals surface area contributed by atoms with Crippen LogP contribution in [0.15, 0.2) is 18.5 Å². The van der Waals surface area contributed by atoms with Crippen LogP contribution in [0, 0.1) is 0 Å². The molecule has 19 heavy (non-hydrogen) atoms. The van der Waals surface area contributed by atoms with Crippen molar-refractivity contribution >= 4 is 21.4 Å². The predicted octanol–water partition coefficient (Wildman–Crippen LogP) is 5.08. The Labute approximate surface area is 129 Å². The van der Waals surface area contributed by atoms with Gasteiger partial charge in [0.25, 0.3) is 0 Å². The average molecular weight is 369 g/mol. The van der Waals surface area contributed by atoms with Crippen molar-refractivity contribution < 1.29 is 0 Å². The summed E-state index contributed by atoms with van der Waals surface area (Å²) >= 11 is -0.637. The molecular weight excluding hydrogens is 339 g/mol. The van der Waals surface area contributed by atoms with Crippen LogP contribution < -0.4 is 0 Å². The molecule has 0 amide bonds. The molecule has 0 fully saturated rings. The van der Waals surface area contributed by atoms with Crippen molar-refractivity contribution in [3.63, 3.8) is 0 Å². The summed E-state index contributed by atoms with van der Waals surface area (Å²) < 4.78 is 2.97. The number of unbranched alkanes of at least 4 members (excludes halogenated alkanes) is 3. The molecule has 0 spiro atoms. The summed E-state index contributed by atoms with van der Waals surface area (Å²) in [6.07, 6.45) is 16.7. The van der Waals surface area contributed by atoms with E-state index < -0.39 is 21.4 Å². The standard InChI is InChI=1S/C13H27.C3H3N2.Sn/c1-4-7-10-13(11-8-5-2)12-9-6-3;1-2-4-5-3-1;/h4-12H2,1-3H3;1-3H;/q;-1;+1. The summed E-state index contributed by atoms with van der Waals surface area (Å²) in [4.78, 5) is 0. The molecule has 0 aromatic carbocycles. The van der Waals surface area contributed by atoms with Gasteiger partial charge in [0.1, 0.15) is 0 Å². The fourth-order valence-electron chi connectivity index (χ4n) is 2.67. The van der Waals surface area contributed by atoms with Gasteiger partial charge in [0, 0.05) is 0 Å². The van der Waals surface area contributed by atoms with E-state index in [9.17, 15) is 0 Å². The molecule has 2 radical (unpaired) electrons. The van der Waals surface area contributed by atoms with Gasteiger partial charge in [0.05, 0.1) is 0 Å². The summed E-state index contributed by atoms with van der Waals surface area (Å²) in [6, 6.07) is 2.09. The molecule has 0 atom stereocenters. The van der Waals surface area contributed by atoms with Gasteiger partial charge in [-0.25, -0.2) is 0 Å². The molecule has 3 heteroatoms. The Kier molecular flexibility index (Phi) is 8.84. The second-order valence-electron chi connectivity index (χ2n) is 5.65. The first-order valence-electron chi connectivity index (χ1n) is 8.04. The number of aromatic nitrogens is 2. The molecule has 1 aromatic rings. The zero-order valence-electron chi connectivity index (χ0n) is 13.0. The van der Waals surface area contributed by atoms with Gasteiger partial charge in [-0.3, -0.25) is 0 Å². The van der Waals surface area contributed by atoms with E-state index in [4.69, 9.17) is 0 Å². The van der Waals surface area contributed by atoms with Crippen molar-refractivity contribution in [2.24, 2.45) is 0 Å². The van der Waals surface area contributed by atoms with Crippen LogP contribution in [0.25, 0.3) is 0 Å². The van der Waals surface area contributed by atoms with Crippen molar-refractivity contribution in [2.45, 2.75) is 82.0 Å². The fourth-order valence-corrected chi connectivity index (χ4v) is 7.34. The Bertz CT molecular complexity index is 287. The first-order valence-corrected chi connectivity index (χ1v) is 10.7. The minimum absolute atomic E-state index is 0.637. The number of hydrogen-bond donors (Lipinski definition) is 0. The molecule has 0 saturated heterocycles. The Morgan fingerprint density at radius 2 is 1.47 bits per heavy atom. The zero-order valence-corrected chi connectivity index (χ0v) is 15.8. The number of rotatable bonds is 11. The van der Waals surface area contributed by atoms with Gasteiger partial charge in [-0.15, -0.1) is 0 Å². The minimum atomic E-state index is -0.637. The summed E-state index contributed by atoms with van der Waals surface area (Å²) in [7, 11) is 0. The molecule has 0 aliphatic carbocycles. The van der Waals surface area contributed by atoms with Gasteiger partial charge >= 0.3 is 130 Å². The Balaban J connectivity index is 2.74. The van der Waals surface area contributed by atoms with E-state index in [0.717, 1.165) is 0 Å². The van der Waals surface area contributed by atoms with E-state index >= 15 is 0 Å². The molecule has 0 aliphatic rings. The quantitative estimate of drug-likeness (QED) is 0.498. The third-order valence-corrected chi connectivity index (χ3v) is 8.79. The molecular formula is C16H30N2Sn. The van der Waals surface area contributed by atoms with Gasteiger partial charge in [-0.05, 0) is 0 Å². The van der Waals surface area contributed by atoms with E-state index in [-0.39, 0.29) is 0 Å². The van der Waals surface area contributed by atoms with Gasteiger partial charge in [0.15, 0.2) is 0 Å². The first-order chi connectivity index (χ1) is 9.26. The molecule has 0 saturated carbocycles. The normalized spacial score (nSPS) is 11.9. The van der Waals surface area contributed by atoms with E-state index in [1.165, 1.54) is 57.8 Å². The van der Waals surface area contributed by atoms with E-state index in [1.54, 1.807) is 0 Å². The van der Waals surface area contributed by atoms with Gasteiger partial charge in [-0.2, -0.15) is 0 Å². The van der Waals surface area contributed by atoms with Gasteiger partial charge in [0.2, 0.25) is 0 Å². The topological polar surface area (TPSA) is 17.8 Å². The molecule has 1 rings (SSSR count). The van der Waals surface area contributed by atoms with E-state index in [1.807, 2.05) is 6.20 Å². The van der Waals surface area contributed by atoms with Crippen LogP contribution in [-0.2, 0) is 0 Å². The van der Waals surface area contributed by atoms with Crippen LogP contribution in [0.2, 0.25) is 3.43 Å². The Morgan fingerprint density at radius 1 is 0.947 bits per heavy atom. The fraction of sp³-hybridized carbons (Fsp3) is 0.812. The molecule has 1 heterocycles. The SMILES string of the molecule is CCCC[C](CCCC)(CCCC)[Sn][n]1cccn1. The van der Waals surface area contributed by atoms with Crippen LogP contribution in [0.4, 0.5) is 0 Å². The van der Waals surface area contributed by atoms with Crippen molar-refractivity contribution in [3.8, 4) is 0 Å². The second kappa shape index (κ2) is 9.84. The van der Waals surface area contributed by atoms with Crippen LogP contribution >= 0.6 is 0 Å². The molecule has 1 aromatic heterocycles. The molecule has 0 bridgehead atoms. The van der Waals surface area contributed by atoms with Gasteiger partial charge in [-0.1, -0.05) is 0 Å².